The van der Waals surface area contributed by atoms with E-state index in [0.29, 0.717) is 0 Å². The van der Waals surface area contributed by atoms with Crippen molar-refractivity contribution >= 4 is 12.1 Å². The van der Waals surface area contributed by atoms with Gasteiger partial charge in [0.2, 0.25) is 0 Å². The Balaban J connectivity index is 1.22. The Hall–Kier alpha value is -1.91. The molecule has 0 unspecified atom stereocenters. The van der Waals surface area contributed by atoms with Gasteiger partial charge in [0, 0.05) is 31.2 Å². The molecular weight excluding hydrogens is 443 g/mol. The molecule has 5 aliphatic rings. The van der Waals surface area contributed by atoms with Crippen LogP contribution in [0.25, 0.3) is 0 Å². The molecule has 2 aliphatic carbocycles. The van der Waals surface area contributed by atoms with E-state index in [1.807, 2.05) is 0 Å². The van der Waals surface area contributed by atoms with E-state index < -0.39 is 54.0 Å². The van der Waals surface area contributed by atoms with E-state index in [1.54, 1.807) is 18.2 Å². The second kappa shape index (κ2) is 8.95. The minimum atomic E-state index is -0.979. The van der Waals surface area contributed by atoms with Crippen molar-refractivity contribution in [3.8, 4) is 0 Å². The van der Waals surface area contributed by atoms with Gasteiger partial charge in [-0.3, -0.25) is 4.79 Å². The maximum absolute atomic E-state index is 13.9. The Labute approximate surface area is 198 Å². The first kappa shape index (κ1) is 22.5. The number of fused-ring (bicyclic) bond motifs is 3. The summed E-state index contributed by atoms with van der Waals surface area (Å²) >= 11 is 0. The van der Waals surface area contributed by atoms with Crippen LogP contribution in [0.15, 0.2) is 29.4 Å². The van der Waals surface area contributed by atoms with Crippen LogP contribution in [0, 0.1) is 5.82 Å². The summed E-state index contributed by atoms with van der Waals surface area (Å²) < 4.78 is 45.8. The molecule has 6 rings (SSSR count). The van der Waals surface area contributed by atoms with E-state index in [-0.39, 0.29) is 5.56 Å². The number of nitrogens with one attached hydrogen (secondary N) is 1. The van der Waals surface area contributed by atoms with Crippen LogP contribution in [-0.2, 0) is 28.5 Å². The Kier molecular flexibility index (Phi) is 5.93. The van der Waals surface area contributed by atoms with E-state index in [0.717, 1.165) is 64.2 Å². The maximum atomic E-state index is 13.9. The molecule has 2 saturated carbocycles. The number of ether oxygens (including phenoxy) is 5. The molecule has 0 aromatic heterocycles. The van der Waals surface area contributed by atoms with Crippen molar-refractivity contribution in [3.05, 3.63) is 35.6 Å². The normalized spacial score (nSPS) is 36.0. The van der Waals surface area contributed by atoms with Gasteiger partial charge in [0.15, 0.2) is 24.0 Å². The zero-order valence-corrected chi connectivity index (χ0v) is 19.1. The van der Waals surface area contributed by atoms with Gasteiger partial charge < -0.3 is 23.7 Å². The van der Waals surface area contributed by atoms with Gasteiger partial charge >= 0.3 is 0 Å². The van der Waals surface area contributed by atoms with Gasteiger partial charge in [-0.2, -0.15) is 5.10 Å². The highest BCUT2D eigenvalue weighted by atomic mass is 19.1. The Bertz CT molecular complexity index is 945. The standard InChI is InChI=1S/C25H31FN2O6/c26-17-10-4-3-9-16(17)15-27-28-22(29)20-18-19(32-24(31-18)11-5-1-6-12-24)21-23(30-20)34-25(33-21)13-7-2-8-14-25/h3-4,9-10,15,18-21,23H,1-2,5-8,11-14H2,(H,28,29)/b27-15-/t18-,19+,20-,21-,23-/m1/s1. The monoisotopic (exact) mass is 474 g/mol. The molecule has 3 aliphatic heterocycles. The molecule has 1 N–H and O–H groups in total. The summed E-state index contributed by atoms with van der Waals surface area (Å²) in [6, 6.07) is 6.22. The van der Waals surface area contributed by atoms with Gasteiger partial charge in [-0.15, -0.1) is 0 Å². The molecule has 1 aromatic carbocycles. The third-order valence-corrected chi connectivity index (χ3v) is 7.65. The fourth-order valence-corrected chi connectivity index (χ4v) is 5.98. The average Bonchev–Trinajstić information content (AvgIpc) is 3.38. The van der Waals surface area contributed by atoms with Crippen LogP contribution in [0.3, 0.4) is 0 Å². The fraction of sp³-hybridized carbons (Fsp3) is 0.680. The van der Waals surface area contributed by atoms with E-state index in [9.17, 15) is 9.18 Å². The predicted octanol–water partition coefficient (Wildman–Crippen LogP) is 3.52. The van der Waals surface area contributed by atoms with E-state index >= 15 is 0 Å². The van der Waals surface area contributed by atoms with Gasteiger partial charge in [0.25, 0.3) is 5.91 Å². The number of amides is 1. The minimum absolute atomic E-state index is 0.277. The zero-order chi connectivity index (χ0) is 23.2. The number of hydrogen-bond donors (Lipinski definition) is 1. The smallest absolute Gasteiger partial charge is 0.272 e. The first-order valence-electron chi connectivity index (χ1n) is 12.5. The van der Waals surface area contributed by atoms with Crippen molar-refractivity contribution in [1.82, 2.24) is 5.43 Å². The maximum Gasteiger partial charge on any atom is 0.272 e. The summed E-state index contributed by atoms with van der Waals surface area (Å²) in [5.74, 6) is -2.30. The van der Waals surface area contributed by atoms with Crippen LogP contribution in [0.4, 0.5) is 4.39 Å². The second-order valence-corrected chi connectivity index (χ2v) is 9.99. The van der Waals surface area contributed by atoms with Gasteiger partial charge in [0.1, 0.15) is 24.1 Å². The van der Waals surface area contributed by atoms with Crippen LogP contribution in [0.5, 0.6) is 0 Å². The number of halogens is 1. The number of nitrogens with zero attached hydrogens (tertiary/aromatic N) is 1. The second-order valence-electron chi connectivity index (χ2n) is 9.99. The summed E-state index contributed by atoms with van der Waals surface area (Å²) in [7, 11) is 0. The van der Waals surface area contributed by atoms with Crippen LogP contribution < -0.4 is 5.43 Å². The van der Waals surface area contributed by atoms with Gasteiger partial charge in [-0.1, -0.05) is 31.0 Å². The van der Waals surface area contributed by atoms with Crippen LogP contribution in [-0.4, -0.2) is 54.4 Å². The van der Waals surface area contributed by atoms with Crippen molar-refractivity contribution in [1.29, 1.82) is 0 Å². The SMILES string of the molecule is O=C(N/N=C\c1ccccc1F)[C@@H]1O[C@@H]2OC3(CCCCC3)O[C@@H]2[C@H]2OC3(CCCCC3)O[C@H]21. The molecule has 3 saturated heterocycles. The Morgan fingerprint density at radius 3 is 2.21 bits per heavy atom. The molecule has 1 aromatic rings. The first-order valence-corrected chi connectivity index (χ1v) is 12.5. The molecule has 0 bridgehead atoms. The number of carbonyl (C=O) groups is 1. The molecule has 3 heterocycles. The average molecular weight is 475 g/mol. The molecule has 5 fully saturated rings. The van der Waals surface area contributed by atoms with Crippen molar-refractivity contribution in [2.75, 3.05) is 0 Å². The van der Waals surface area contributed by atoms with Crippen LogP contribution >= 0.6 is 0 Å². The predicted molar refractivity (Wildman–Crippen MR) is 118 cm³/mol. The number of rotatable bonds is 3. The molecule has 5 atom stereocenters. The van der Waals surface area contributed by atoms with Crippen molar-refractivity contribution < 1.29 is 32.9 Å². The summed E-state index contributed by atoms with van der Waals surface area (Å²) in [6.07, 6.45) is 7.59. The summed E-state index contributed by atoms with van der Waals surface area (Å²) in [5.41, 5.74) is 2.77. The third kappa shape index (κ3) is 4.07. The lowest BCUT2D eigenvalue weighted by molar-refractivity contribution is -0.247. The van der Waals surface area contributed by atoms with Crippen molar-refractivity contribution in [2.24, 2.45) is 5.10 Å². The first-order chi connectivity index (χ1) is 16.6. The summed E-state index contributed by atoms with van der Waals surface area (Å²) in [6.45, 7) is 0. The Morgan fingerprint density at radius 1 is 0.882 bits per heavy atom. The lowest BCUT2D eigenvalue weighted by Crippen LogP contribution is -2.59. The molecule has 0 radical (unpaired) electrons. The molecule has 1 amide bonds. The summed E-state index contributed by atoms with van der Waals surface area (Å²) in [4.78, 5) is 13.2. The van der Waals surface area contributed by atoms with E-state index in [4.69, 9.17) is 23.7 Å². The molecule has 34 heavy (non-hydrogen) atoms. The summed E-state index contributed by atoms with van der Waals surface area (Å²) in [5, 5.41) is 3.95. The number of benzene rings is 1. The van der Waals surface area contributed by atoms with Crippen LogP contribution in [0.2, 0.25) is 0 Å². The molecule has 9 heteroatoms. The molecule has 184 valence electrons. The number of hydrazone groups is 1. The van der Waals surface area contributed by atoms with Gasteiger partial charge in [-0.05, 0) is 31.7 Å². The molecular formula is C25H31FN2O6. The van der Waals surface area contributed by atoms with Gasteiger partial charge in [0.05, 0.1) is 6.21 Å². The quantitative estimate of drug-likeness (QED) is 0.533. The zero-order valence-electron chi connectivity index (χ0n) is 19.1. The van der Waals surface area contributed by atoms with Crippen molar-refractivity contribution in [3.63, 3.8) is 0 Å². The highest BCUT2D eigenvalue weighted by molar-refractivity contribution is 5.85. The Morgan fingerprint density at radius 2 is 1.50 bits per heavy atom. The van der Waals surface area contributed by atoms with Gasteiger partial charge in [-0.25, -0.2) is 9.82 Å². The highest BCUT2D eigenvalue weighted by Gasteiger charge is 2.65. The highest BCUT2D eigenvalue weighted by Crippen LogP contribution is 2.50. The number of hydrogen-bond acceptors (Lipinski definition) is 7. The van der Waals surface area contributed by atoms with Crippen LogP contribution in [0.1, 0.15) is 69.8 Å². The van der Waals surface area contributed by atoms with E-state index in [2.05, 4.69) is 10.5 Å². The molecule has 8 nitrogen and oxygen atoms in total. The molecule has 2 spiro atoms. The lowest BCUT2D eigenvalue weighted by atomic mass is 9.94. The number of carbonyl (C=O) groups excluding carboxylic acids is 1. The lowest BCUT2D eigenvalue weighted by Gasteiger charge is -2.36. The topological polar surface area (TPSA) is 87.6 Å². The fourth-order valence-electron chi connectivity index (χ4n) is 5.98. The third-order valence-electron chi connectivity index (χ3n) is 7.65. The largest absolute Gasteiger partial charge is 0.341 e. The van der Waals surface area contributed by atoms with Crippen molar-refractivity contribution in [2.45, 2.75) is 106 Å². The minimum Gasteiger partial charge on any atom is -0.341 e. The van der Waals surface area contributed by atoms with E-state index in [1.165, 1.54) is 12.3 Å².